The molecule has 4 rings (SSSR count). The molecular weight excluding hydrogens is 357 g/mol. The Labute approximate surface area is 165 Å². The fourth-order valence-electron chi connectivity index (χ4n) is 4.31. The zero-order valence-corrected chi connectivity index (χ0v) is 16.3. The van der Waals surface area contributed by atoms with Gasteiger partial charge in [-0.15, -0.1) is 0 Å². The van der Waals surface area contributed by atoms with Crippen molar-refractivity contribution >= 4 is 5.91 Å². The highest BCUT2D eigenvalue weighted by Gasteiger charge is 2.25. The molecule has 0 saturated carbocycles. The minimum atomic E-state index is -0.264. The molecule has 1 aliphatic heterocycles. The zero-order chi connectivity index (χ0) is 19.3. The molecule has 150 valence electrons. The van der Waals surface area contributed by atoms with Crippen molar-refractivity contribution in [2.75, 3.05) is 19.7 Å². The van der Waals surface area contributed by atoms with E-state index in [2.05, 4.69) is 10.2 Å². The Hall–Kier alpha value is -2.37. The first kappa shape index (κ1) is 19.0. The molecule has 5 nitrogen and oxygen atoms in total. The van der Waals surface area contributed by atoms with Crippen molar-refractivity contribution in [2.24, 2.45) is 5.92 Å². The van der Waals surface area contributed by atoms with Crippen LogP contribution >= 0.6 is 0 Å². The number of halogens is 1. The Morgan fingerprint density at radius 3 is 2.89 bits per heavy atom. The van der Waals surface area contributed by atoms with Gasteiger partial charge in [0.1, 0.15) is 11.6 Å². The van der Waals surface area contributed by atoms with Crippen molar-refractivity contribution in [3.05, 3.63) is 47.0 Å². The van der Waals surface area contributed by atoms with E-state index in [1.807, 2.05) is 4.90 Å². The van der Waals surface area contributed by atoms with Crippen LogP contribution in [0.25, 0.3) is 0 Å². The van der Waals surface area contributed by atoms with Crippen molar-refractivity contribution in [3.63, 3.8) is 0 Å². The molecule has 0 spiro atoms. The van der Waals surface area contributed by atoms with Gasteiger partial charge >= 0.3 is 0 Å². The number of amides is 1. The Bertz CT molecular complexity index is 803. The van der Waals surface area contributed by atoms with E-state index >= 15 is 0 Å². The van der Waals surface area contributed by atoms with Gasteiger partial charge in [-0.3, -0.25) is 9.89 Å². The number of carbonyl (C=O) groups is 1. The third-order valence-electron chi connectivity index (χ3n) is 5.89. The van der Waals surface area contributed by atoms with Crippen molar-refractivity contribution < 1.29 is 13.9 Å². The summed E-state index contributed by atoms with van der Waals surface area (Å²) in [6, 6.07) is 6.09. The molecule has 1 fully saturated rings. The number of aromatic nitrogens is 2. The molecule has 1 aliphatic carbocycles. The maximum absolute atomic E-state index is 13.0. The summed E-state index contributed by atoms with van der Waals surface area (Å²) in [7, 11) is 0. The Morgan fingerprint density at radius 2 is 2.04 bits per heavy atom. The van der Waals surface area contributed by atoms with Gasteiger partial charge in [-0.1, -0.05) is 0 Å². The third kappa shape index (κ3) is 4.54. The molecule has 1 aromatic heterocycles. The van der Waals surface area contributed by atoms with E-state index in [4.69, 9.17) is 4.74 Å². The van der Waals surface area contributed by atoms with Crippen LogP contribution in [0.2, 0.25) is 0 Å². The molecule has 0 radical (unpaired) electrons. The maximum Gasteiger partial charge on any atom is 0.222 e. The standard InChI is InChI=1S/C22H28FN3O2/c23-17-7-9-18(10-8-17)28-15-16-4-3-13-26(14-16)22(27)12-11-21-19-5-1-2-6-20(19)24-25-21/h7-10,16H,1-6,11-15H2,(H,24,25)/t16-/m1/s1. The van der Waals surface area contributed by atoms with Crippen molar-refractivity contribution in [1.29, 1.82) is 0 Å². The normalized spacial score (nSPS) is 19.3. The van der Waals surface area contributed by atoms with Gasteiger partial charge in [-0.05, 0) is 68.4 Å². The maximum atomic E-state index is 13.0. The second-order valence-electron chi connectivity index (χ2n) is 7.95. The Kier molecular flexibility index (Phi) is 5.93. The molecule has 28 heavy (non-hydrogen) atoms. The molecule has 1 N–H and O–H groups in total. The SMILES string of the molecule is O=C(CCc1n[nH]c2c1CCCC2)N1CCC[C@@H](COc2ccc(F)cc2)C1. The number of piperidine rings is 1. The molecule has 1 atom stereocenters. The van der Waals surface area contributed by atoms with E-state index in [1.54, 1.807) is 12.1 Å². The number of fused-ring (bicyclic) bond motifs is 1. The van der Waals surface area contributed by atoms with E-state index in [0.29, 0.717) is 24.7 Å². The number of aryl methyl sites for hydroxylation is 2. The highest BCUT2D eigenvalue weighted by molar-refractivity contribution is 5.76. The van der Waals surface area contributed by atoms with Crippen LogP contribution in [-0.2, 0) is 24.1 Å². The van der Waals surface area contributed by atoms with Crippen LogP contribution in [0.15, 0.2) is 24.3 Å². The van der Waals surface area contributed by atoms with Crippen molar-refractivity contribution in [1.82, 2.24) is 15.1 Å². The molecule has 1 aromatic carbocycles. The lowest BCUT2D eigenvalue weighted by Gasteiger charge is -2.32. The number of ether oxygens (including phenoxy) is 1. The van der Waals surface area contributed by atoms with Crippen molar-refractivity contribution in [3.8, 4) is 5.75 Å². The first-order valence-corrected chi connectivity index (χ1v) is 10.4. The Morgan fingerprint density at radius 1 is 1.21 bits per heavy atom. The number of H-pyrrole nitrogens is 1. The summed E-state index contributed by atoms with van der Waals surface area (Å²) < 4.78 is 18.8. The summed E-state index contributed by atoms with van der Waals surface area (Å²) in [5, 5.41) is 7.61. The fourth-order valence-corrected chi connectivity index (χ4v) is 4.31. The number of nitrogens with one attached hydrogen (secondary N) is 1. The third-order valence-corrected chi connectivity index (χ3v) is 5.89. The summed E-state index contributed by atoms with van der Waals surface area (Å²) in [5.74, 6) is 0.938. The number of likely N-dealkylation sites (tertiary alicyclic amines) is 1. The average molecular weight is 385 g/mol. The molecule has 1 amide bonds. The highest BCUT2D eigenvalue weighted by atomic mass is 19.1. The minimum absolute atomic E-state index is 0.207. The largest absolute Gasteiger partial charge is 0.493 e. The average Bonchev–Trinajstić information content (AvgIpc) is 3.15. The molecule has 2 heterocycles. The van der Waals surface area contributed by atoms with Gasteiger partial charge in [-0.25, -0.2) is 4.39 Å². The number of carbonyl (C=O) groups excluding carboxylic acids is 1. The number of hydrogen-bond acceptors (Lipinski definition) is 3. The second kappa shape index (κ2) is 8.76. The van der Waals surface area contributed by atoms with E-state index in [1.165, 1.54) is 36.2 Å². The molecule has 2 aliphatic rings. The van der Waals surface area contributed by atoms with Gasteiger partial charge in [0.05, 0.1) is 12.3 Å². The number of benzene rings is 1. The van der Waals surface area contributed by atoms with Crippen LogP contribution in [-0.4, -0.2) is 40.7 Å². The fraction of sp³-hybridized carbons (Fsp3) is 0.545. The predicted molar refractivity (Wildman–Crippen MR) is 105 cm³/mol. The summed E-state index contributed by atoms with van der Waals surface area (Å²) in [4.78, 5) is 14.7. The van der Waals surface area contributed by atoms with Crippen LogP contribution in [0.5, 0.6) is 5.75 Å². The van der Waals surface area contributed by atoms with E-state index in [9.17, 15) is 9.18 Å². The number of nitrogens with zero attached hydrogens (tertiary/aromatic N) is 2. The molecular formula is C22H28FN3O2. The molecule has 2 aromatic rings. The summed E-state index contributed by atoms with van der Waals surface area (Å²) >= 11 is 0. The lowest BCUT2D eigenvalue weighted by molar-refractivity contribution is -0.133. The van der Waals surface area contributed by atoms with E-state index in [-0.39, 0.29) is 11.7 Å². The van der Waals surface area contributed by atoms with E-state index < -0.39 is 0 Å². The summed E-state index contributed by atoms with van der Waals surface area (Å²) in [6.45, 7) is 2.12. The smallest absolute Gasteiger partial charge is 0.222 e. The van der Waals surface area contributed by atoms with Crippen LogP contribution in [0.1, 0.15) is 49.1 Å². The van der Waals surface area contributed by atoms with Gasteiger partial charge in [0, 0.05) is 37.5 Å². The van der Waals surface area contributed by atoms with Gasteiger partial charge in [0.2, 0.25) is 5.91 Å². The number of hydrogen-bond donors (Lipinski definition) is 1. The zero-order valence-electron chi connectivity index (χ0n) is 16.3. The quantitative estimate of drug-likeness (QED) is 0.825. The van der Waals surface area contributed by atoms with Gasteiger partial charge < -0.3 is 9.64 Å². The highest BCUT2D eigenvalue weighted by Crippen LogP contribution is 2.24. The second-order valence-corrected chi connectivity index (χ2v) is 7.95. The summed E-state index contributed by atoms with van der Waals surface area (Å²) in [6.07, 6.45) is 7.90. The van der Waals surface area contributed by atoms with Crippen LogP contribution < -0.4 is 4.74 Å². The van der Waals surface area contributed by atoms with Crippen LogP contribution in [0.4, 0.5) is 4.39 Å². The monoisotopic (exact) mass is 385 g/mol. The first-order valence-electron chi connectivity index (χ1n) is 10.4. The predicted octanol–water partition coefficient (Wildman–Crippen LogP) is 3.68. The van der Waals surface area contributed by atoms with Gasteiger partial charge in [0.25, 0.3) is 0 Å². The van der Waals surface area contributed by atoms with Gasteiger partial charge in [0.15, 0.2) is 0 Å². The summed E-state index contributed by atoms with van der Waals surface area (Å²) in [5.41, 5.74) is 3.70. The van der Waals surface area contributed by atoms with Crippen LogP contribution in [0, 0.1) is 11.7 Å². The molecule has 1 saturated heterocycles. The van der Waals surface area contributed by atoms with E-state index in [0.717, 1.165) is 50.9 Å². The van der Waals surface area contributed by atoms with Crippen LogP contribution in [0.3, 0.4) is 0 Å². The van der Waals surface area contributed by atoms with Crippen molar-refractivity contribution in [2.45, 2.75) is 51.4 Å². The topological polar surface area (TPSA) is 58.2 Å². The lowest BCUT2D eigenvalue weighted by Crippen LogP contribution is -2.41. The number of rotatable bonds is 6. The molecule has 0 unspecified atom stereocenters. The van der Waals surface area contributed by atoms with Gasteiger partial charge in [-0.2, -0.15) is 5.10 Å². The lowest BCUT2D eigenvalue weighted by atomic mass is 9.94. The Balaban J connectivity index is 1.26. The molecule has 6 heteroatoms. The first-order chi connectivity index (χ1) is 13.7. The molecule has 0 bridgehead atoms. The minimum Gasteiger partial charge on any atom is -0.493 e. The number of aromatic amines is 1.